The van der Waals surface area contributed by atoms with Crippen molar-refractivity contribution in [1.82, 2.24) is 24.1 Å². The van der Waals surface area contributed by atoms with Crippen molar-refractivity contribution in [2.24, 2.45) is 0 Å². The lowest BCUT2D eigenvalue weighted by Crippen LogP contribution is -1.99. The van der Waals surface area contributed by atoms with Gasteiger partial charge < -0.3 is 9.29 Å². The lowest BCUT2D eigenvalue weighted by atomic mass is 10.3. The molecular formula is C21H22N6S2. The van der Waals surface area contributed by atoms with E-state index in [4.69, 9.17) is 4.98 Å². The molecule has 1 saturated carbocycles. The minimum Gasteiger partial charge on any atom is -0.323 e. The van der Waals surface area contributed by atoms with Crippen LogP contribution in [0.4, 0.5) is 11.6 Å². The molecule has 0 aromatic carbocycles. The molecule has 4 heterocycles. The first kappa shape index (κ1) is 18.2. The maximum absolute atomic E-state index is 4.76. The number of hydrogen-bond acceptors (Lipinski definition) is 5. The van der Waals surface area contributed by atoms with Crippen LogP contribution >= 0.6 is 20.7 Å². The summed E-state index contributed by atoms with van der Waals surface area (Å²) >= 11 is 1.64. The van der Waals surface area contributed by atoms with Crippen molar-refractivity contribution < 1.29 is 0 Å². The summed E-state index contributed by atoms with van der Waals surface area (Å²) in [5.41, 5.74) is 2.17. The van der Waals surface area contributed by atoms with Crippen LogP contribution in [-0.2, 0) is 0 Å². The molecular weight excluding hydrogens is 400 g/mol. The Morgan fingerprint density at radius 1 is 1.24 bits per heavy atom. The van der Waals surface area contributed by atoms with Gasteiger partial charge in [-0.2, -0.15) is 5.10 Å². The Morgan fingerprint density at radius 2 is 2.03 bits per heavy atom. The Labute approximate surface area is 174 Å². The Bertz CT molecular complexity index is 1260. The summed E-state index contributed by atoms with van der Waals surface area (Å²) in [4.78, 5) is 10.3. The Kier molecular flexibility index (Phi) is 4.33. The Hall–Kier alpha value is -2.84. The van der Waals surface area contributed by atoms with Crippen LogP contribution in [0, 0.1) is 6.92 Å². The predicted octanol–water partition coefficient (Wildman–Crippen LogP) is 5.15. The molecule has 148 valence electrons. The molecule has 1 fully saturated rings. The molecule has 1 aliphatic carbocycles. The second-order valence-electron chi connectivity index (χ2n) is 7.34. The van der Waals surface area contributed by atoms with E-state index in [1.807, 2.05) is 37.6 Å². The maximum atomic E-state index is 4.76. The Morgan fingerprint density at radius 3 is 2.79 bits per heavy atom. The number of aromatic amines is 1. The molecule has 5 rings (SSSR count). The van der Waals surface area contributed by atoms with E-state index in [1.165, 1.54) is 18.5 Å². The van der Waals surface area contributed by atoms with Gasteiger partial charge in [-0.3, -0.25) is 5.10 Å². The van der Waals surface area contributed by atoms with Gasteiger partial charge in [0.1, 0.15) is 5.82 Å². The van der Waals surface area contributed by atoms with Gasteiger partial charge in [0, 0.05) is 41.8 Å². The van der Waals surface area contributed by atoms with Gasteiger partial charge in [-0.15, -0.1) is 11.3 Å². The maximum Gasteiger partial charge on any atom is 0.171 e. The summed E-state index contributed by atoms with van der Waals surface area (Å²) in [7, 11) is -1.60. The van der Waals surface area contributed by atoms with Crippen LogP contribution in [0.5, 0.6) is 0 Å². The van der Waals surface area contributed by atoms with Crippen LogP contribution in [0.25, 0.3) is 10.7 Å². The molecule has 29 heavy (non-hydrogen) atoms. The third-order valence-corrected chi connectivity index (χ3v) is 8.98. The quantitative estimate of drug-likeness (QED) is 0.422. The first-order valence-electron chi connectivity index (χ1n) is 9.40. The second kappa shape index (κ2) is 6.89. The first-order valence-corrected chi connectivity index (χ1v) is 12.1. The van der Waals surface area contributed by atoms with Crippen LogP contribution in [0.15, 0.2) is 53.1 Å². The summed E-state index contributed by atoms with van der Waals surface area (Å²) in [6, 6.07) is 10.2. The molecule has 4 aromatic heterocycles. The molecule has 0 radical (unpaired) electrons. The minimum atomic E-state index is -1.60. The number of nitrogens with zero attached hydrogens (tertiary/aromatic N) is 4. The molecule has 0 aliphatic heterocycles. The van der Waals surface area contributed by atoms with Crippen molar-refractivity contribution >= 4 is 44.1 Å². The van der Waals surface area contributed by atoms with E-state index in [0.717, 1.165) is 26.3 Å². The predicted molar refractivity (Wildman–Crippen MR) is 124 cm³/mol. The van der Waals surface area contributed by atoms with Crippen molar-refractivity contribution in [3.8, 4) is 10.7 Å². The number of nitrogens with one attached hydrogen (secondary N) is 2. The fourth-order valence-electron chi connectivity index (χ4n) is 3.11. The zero-order valence-corrected chi connectivity index (χ0v) is 17.8. The van der Waals surface area contributed by atoms with Gasteiger partial charge in [-0.05, 0) is 44.0 Å². The fourth-order valence-corrected chi connectivity index (χ4v) is 6.08. The lowest BCUT2D eigenvalue weighted by molar-refractivity contribution is 0.966. The number of thiophene rings is 1. The fraction of sp³-hybridized carbons (Fsp3) is 0.190. The molecule has 1 aliphatic rings. The molecule has 0 saturated heterocycles. The average molecular weight is 423 g/mol. The van der Waals surface area contributed by atoms with Gasteiger partial charge in [0.05, 0.1) is 9.09 Å². The molecule has 6 nitrogen and oxygen atoms in total. The van der Waals surface area contributed by atoms with Crippen molar-refractivity contribution in [3.05, 3.63) is 60.2 Å². The SMILES string of the molecule is C=S(=C)(c1ccc(-c2ncc(C)c(Nc3cc(C4CC4)[nH]n3)n2)s1)n1cccc1. The highest BCUT2D eigenvalue weighted by Gasteiger charge is 2.25. The number of anilines is 2. The van der Waals surface area contributed by atoms with Gasteiger partial charge in [0.2, 0.25) is 0 Å². The highest BCUT2D eigenvalue weighted by atomic mass is 32.2. The lowest BCUT2D eigenvalue weighted by Gasteiger charge is -2.14. The van der Waals surface area contributed by atoms with E-state index in [9.17, 15) is 0 Å². The van der Waals surface area contributed by atoms with Crippen LogP contribution in [0.2, 0.25) is 0 Å². The normalized spacial score (nSPS) is 14.2. The van der Waals surface area contributed by atoms with Gasteiger partial charge in [-0.25, -0.2) is 9.97 Å². The van der Waals surface area contributed by atoms with Gasteiger partial charge in [0.15, 0.2) is 11.6 Å². The number of rotatable bonds is 6. The van der Waals surface area contributed by atoms with E-state index in [1.54, 1.807) is 11.3 Å². The van der Waals surface area contributed by atoms with E-state index in [2.05, 4.69) is 54.4 Å². The minimum absolute atomic E-state index is 0.637. The summed E-state index contributed by atoms with van der Waals surface area (Å²) in [6.45, 7) is 1.99. The third kappa shape index (κ3) is 3.49. The van der Waals surface area contributed by atoms with E-state index in [-0.39, 0.29) is 0 Å². The number of H-pyrrole nitrogens is 1. The molecule has 2 N–H and O–H groups in total. The number of hydrogen-bond donors (Lipinski definition) is 2. The van der Waals surface area contributed by atoms with E-state index in [0.29, 0.717) is 11.7 Å². The zero-order chi connectivity index (χ0) is 20.0. The number of aryl methyl sites for hydroxylation is 1. The van der Waals surface area contributed by atoms with Gasteiger partial charge in [-0.1, -0.05) is 21.1 Å². The summed E-state index contributed by atoms with van der Waals surface area (Å²) in [6.07, 6.45) is 8.35. The average Bonchev–Trinajstić information content (AvgIpc) is 3.14. The summed E-state index contributed by atoms with van der Waals surface area (Å²) in [5, 5.41) is 10.8. The van der Waals surface area contributed by atoms with Crippen molar-refractivity contribution in [2.75, 3.05) is 5.32 Å². The molecule has 0 bridgehead atoms. The summed E-state index contributed by atoms with van der Waals surface area (Å²) in [5.74, 6) is 11.6. The Balaban J connectivity index is 1.43. The zero-order valence-electron chi connectivity index (χ0n) is 16.1. The van der Waals surface area contributed by atoms with Crippen molar-refractivity contribution in [3.63, 3.8) is 0 Å². The second-order valence-corrected chi connectivity index (χ2v) is 11.2. The highest BCUT2D eigenvalue weighted by molar-refractivity contribution is 8.27. The molecule has 4 aromatic rings. The van der Waals surface area contributed by atoms with Crippen LogP contribution in [-0.4, -0.2) is 35.9 Å². The monoisotopic (exact) mass is 422 g/mol. The van der Waals surface area contributed by atoms with Crippen molar-refractivity contribution in [2.45, 2.75) is 29.9 Å². The van der Waals surface area contributed by atoms with Crippen LogP contribution in [0.3, 0.4) is 0 Å². The van der Waals surface area contributed by atoms with E-state index < -0.39 is 9.39 Å². The van der Waals surface area contributed by atoms with Gasteiger partial charge >= 0.3 is 0 Å². The van der Waals surface area contributed by atoms with Crippen molar-refractivity contribution in [1.29, 1.82) is 0 Å². The highest BCUT2D eigenvalue weighted by Crippen LogP contribution is 2.42. The molecule has 8 heteroatoms. The standard InChI is InChI=1S/C21H22N6S2/c1-14-13-22-21(24-20(14)23-18-12-16(25-26-18)15-6-7-15)17-8-9-19(28-17)29(2,3)27-10-4-5-11-27/h4-5,8-13,15H,2-3,6-7H2,1H3,(H2,22,23,24,25,26). The van der Waals surface area contributed by atoms with Gasteiger partial charge in [0.25, 0.3) is 0 Å². The van der Waals surface area contributed by atoms with E-state index >= 15 is 0 Å². The molecule has 0 spiro atoms. The summed E-state index contributed by atoms with van der Waals surface area (Å²) < 4.78 is 3.21. The van der Waals surface area contributed by atoms with Crippen LogP contribution in [0.1, 0.15) is 30.0 Å². The van der Waals surface area contributed by atoms with Crippen LogP contribution < -0.4 is 5.32 Å². The smallest absolute Gasteiger partial charge is 0.171 e. The molecule has 0 atom stereocenters. The third-order valence-electron chi connectivity index (χ3n) is 4.99. The molecule has 0 unspecified atom stereocenters. The molecule has 0 amide bonds. The number of aromatic nitrogens is 5. The topological polar surface area (TPSA) is 71.4 Å². The first-order chi connectivity index (χ1) is 14.0. The largest absolute Gasteiger partial charge is 0.323 e.